The molecule has 0 unspecified atom stereocenters. The van der Waals surface area contributed by atoms with Gasteiger partial charge in [0, 0.05) is 22.7 Å². The highest BCUT2D eigenvalue weighted by atomic mass is 79.9. The van der Waals surface area contributed by atoms with Gasteiger partial charge in [0.2, 0.25) is 0 Å². The minimum Gasteiger partial charge on any atom is -0.263 e. The fraction of sp³-hybridized carbons (Fsp3) is 0.167. The molecule has 1 heterocycles. The van der Waals surface area contributed by atoms with Crippen LogP contribution in [-0.4, -0.2) is 4.98 Å². The molecule has 0 aliphatic carbocycles. The van der Waals surface area contributed by atoms with Gasteiger partial charge in [0.05, 0.1) is 0 Å². The zero-order valence-electron chi connectivity index (χ0n) is 5.46. The van der Waals surface area contributed by atoms with Crippen LogP contribution in [0.2, 0.25) is 0 Å². The molecule has 0 amide bonds. The van der Waals surface area contributed by atoms with Crippen molar-refractivity contribution in [2.75, 3.05) is 0 Å². The van der Waals surface area contributed by atoms with Crippen LogP contribution in [0.4, 0.5) is 0 Å². The normalized spacial score (nSPS) is 7.82. The predicted octanol–water partition coefficient (Wildman–Crippen LogP) is 3.43. The van der Waals surface area contributed by atoms with Crippen molar-refractivity contribution in [2.45, 2.75) is 5.88 Å². The van der Waals surface area contributed by atoms with Crippen LogP contribution in [0.5, 0.6) is 0 Å². The third kappa shape index (κ3) is 4.86. The van der Waals surface area contributed by atoms with E-state index in [4.69, 9.17) is 11.6 Å². The minimum absolute atomic E-state index is 0. The standard InChI is InChI=1S/C6H5BrClN.2ClH/c7-6-1-5(2-8)3-9-4-6;;/h1,3-4H,2H2;2*1H. The molecule has 0 saturated heterocycles. The maximum Gasteiger partial charge on any atom is 0.0489 e. The molecule has 0 N–H and O–H groups in total. The Kier molecular flexibility index (Phi) is 9.15. The summed E-state index contributed by atoms with van der Waals surface area (Å²) in [5, 5.41) is 0. The van der Waals surface area contributed by atoms with E-state index in [-0.39, 0.29) is 24.8 Å². The predicted molar refractivity (Wildman–Crippen MR) is 56.0 cm³/mol. The van der Waals surface area contributed by atoms with Gasteiger partial charge in [-0.25, -0.2) is 0 Å². The first-order valence-electron chi connectivity index (χ1n) is 2.48. The fourth-order valence-electron chi connectivity index (χ4n) is 0.529. The summed E-state index contributed by atoms with van der Waals surface area (Å²) in [5.41, 5.74) is 1.03. The van der Waals surface area contributed by atoms with Crippen LogP contribution in [-0.2, 0) is 5.88 Å². The smallest absolute Gasteiger partial charge is 0.0489 e. The lowest BCUT2D eigenvalue weighted by molar-refractivity contribution is 1.23. The molecule has 1 rings (SSSR count). The molecule has 64 valence electrons. The lowest BCUT2D eigenvalue weighted by Gasteiger charge is -1.92. The second-order valence-electron chi connectivity index (χ2n) is 1.65. The van der Waals surface area contributed by atoms with Crippen LogP contribution in [0.25, 0.3) is 0 Å². The van der Waals surface area contributed by atoms with Crippen molar-refractivity contribution < 1.29 is 0 Å². The lowest BCUT2D eigenvalue weighted by atomic mass is 10.3. The van der Waals surface area contributed by atoms with Crippen LogP contribution < -0.4 is 0 Å². The van der Waals surface area contributed by atoms with Crippen molar-refractivity contribution in [1.29, 1.82) is 0 Å². The first kappa shape index (κ1) is 14.0. The van der Waals surface area contributed by atoms with Crippen LogP contribution >= 0.6 is 52.3 Å². The van der Waals surface area contributed by atoms with Gasteiger partial charge in [0.25, 0.3) is 0 Å². The van der Waals surface area contributed by atoms with Crippen LogP contribution in [0.15, 0.2) is 22.9 Å². The van der Waals surface area contributed by atoms with Gasteiger partial charge in [-0.15, -0.1) is 36.4 Å². The highest BCUT2D eigenvalue weighted by molar-refractivity contribution is 9.10. The molecular weight excluding hydrogens is 272 g/mol. The summed E-state index contributed by atoms with van der Waals surface area (Å²) in [7, 11) is 0. The topological polar surface area (TPSA) is 12.9 Å². The van der Waals surface area contributed by atoms with Crippen molar-refractivity contribution in [1.82, 2.24) is 4.98 Å². The quantitative estimate of drug-likeness (QED) is 0.718. The number of pyridine rings is 1. The molecule has 0 aliphatic rings. The molecule has 1 aromatic heterocycles. The average Bonchev–Trinajstić information content (AvgIpc) is 1.88. The van der Waals surface area contributed by atoms with E-state index in [1.54, 1.807) is 12.4 Å². The van der Waals surface area contributed by atoms with E-state index in [0.29, 0.717) is 5.88 Å². The van der Waals surface area contributed by atoms with Gasteiger partial charge in [-0.1, -0.05) is 0 Å². The number of nitrogens with zero attached hydrogens (tertiary/aromatic N) is 1. The summed E-state index contributed by atoms with van der Waals surface area (Å²) in [5.74, 6) is 0.520. The number of halogens is 4. The molecule has 0 aromatic carbocycles. The molecule has 0 saturated carbocycles. The molecule has 0 atom stereocenters. The van der Waals surface area contributed by atoms with Crippen molar-refractivity contribution in [3.63, 3.8) is 0 Å². The maximum absolute atomic E-state index is 5.54. The summed E-state index contributed by atoms with van der Waals surface area (Å²) >= 11 is 8.82. The number of rotatable bonds is 1. The molecule has 0 spiro atoms. The summed E-state index contributed by atoms with van der Waals surface area (Å²) in [6.07, 6.45) is 3.48. The molecule has 1 nitrogen and oxygen atoms in total. The first-order valence-corrected chi connectivity index (χ1v) is 3.81. The minimum atomic E-state index is 0. The van der Waals surface area contributed by atoms with Crippen molar-refractivity contribution in [3.05, 3.63) is 28.5 Å². The lowest BCUT2D eigenvalue weighted by Crippen LogP contribution is -1.78. The van der Waals surface area contributed by atoms with Crippen LogP contribution in [0.1, 0.15) is 5.56 Å². The Morgan fingerprint density at radius 3 is 2.36 bits per heavy atom. The molecule has 0 aliphatic heterocycles. The van der Waals surface area contributed by atoms with Crippen molar-refractivity contribution >= 4 is 52.3 Å². The van der Waals surface area contributed by atoms with Crippen molar-refractivity contribution in [3.8, 4) is 0 Å². The van der Waals surface area contributed by atoms with Crippen LogP contribution in [0.3, 0.4) is 0 Å². The van der Waals surface area contributed by atoms with Gasteiger partial charge in [-0.3, -0.25) is 4.98 Å². The van der Waals surface area contributed by atoms with Crippen molar-refractivity contribution in [2.24, 2.45) is 0 Å². The summed E-state index contributed by atoms with van der Waals surface area (Å²) in [6, 6.07) is 1.94. The zero-order valence-corrected chi connectivity index (χ0v) is 9.43. The Bertz CT molecular complexity index is 207. The highest BCUT2D eigenvalue weighted by Gasteiger charge is 1.89. The van der Waals surface area contributed by atoms with Gasteiger partial charge in [0.1, 0.15) is 0 Å². The van der Waals surface area contributed by atoms with E-state index in [0.717, 1.165) is 10.0 Å². The van der Waals surface area contributed by atoms with E-state index in [9.17, 15) is 0 Å². The van der Waals surface area contributed by atoms with Gasteiger partial charge >= 0.3 is 0 Å². The number of alkyl halides is 1. The third-order valence-electron chi connectivity index (χ3n) is 0.916. The zero-order chi connectivity index (χ0) is 6.69. The molecule has 0 fully saturated rings. The molecule has 5 heteroatoms. The van der Waals surface area contributed by atoms with E-state index in [1.807, 2.05) is 6.07 Å². The van der Waals surface area contributed by atoms with Gasteiger partial charge in [-0.2, -0.15) is 0 Å². The summed E-state index contributed by atoms with van der Waals surface area (Å²) in [6.45, 7) is 0. The summed E-state index contributed by atoms with van der Waals surface area (Å²) < 4.78 is 0.973. The van der Waals surface area contributed by atoms with Crippen LogP contribution in [0, 0.1) is 0 Å². The molecule has 1 aromatic rings. The van der Waals surface area contributed by atoms with E-state index >= 15 is 0 Å². The Morgan fingerprint density at radius 1 is 1.36 bits per heavy atom. The SMILES string of the molecule is Cl.Cl.ClCc1cncc(Br)c1. The second kappa shape index (κ2) is 7.17. The second-order valence-corrected chi connectivity index (χ2v) is 2.83. The molecule has 0 radical (unpaired) electrons. The third-order valence-corrected chi connectivity index (χ3v) is 1.66. The van der Waals surface area contributed by atoms with E-state index < -0.39 is 0 Å². The monoisotopic (exact) mass is 277 g/mol. The number of hydrogen-bond acceptors (Lipinski definition) is 1. The van der Waals surface area contributed by atoms with Gasteiger partial charge in [0.15, 0.2) is 0 Å². The Labute approximate surface area is 91.5 Å². The Hall–Kier alpha value is 0.500. The fourth-order valence-corrected chi connectivity index (χ4v) is 1.09. The molecule has 11 heavy (non-hydrogen) atoms. The summed E-state index contributed by atoms with van der Waals surface area (Å²) in [4.78, 5) is 3.92. The average molecular weight is 279 g/mol. The van der Waals surface area contributed by atoms with E-state index in [2.05, 4.69) is 20.9 Å². The van der Waals surface area contributed by atoms with E-state index in [1.165, 1.54) is 0 Å². The highest BCUT2D eigenvalue weighted by Crippen LogP contribution is 2.10. The largest absolute Gasteiger partial charge is 0.263 e. The maximum atomic E-state index is 5.54. The Morgan fingerprint density at radius 2 is 2.00 bits per heavy atom. The van der Waals surface area contributed by atoms with Gasteiger partial charge < -0.3 is 0 Å². The molecule has 0 bridgehead atoms. The Balaban J connectivity index is 0. The number of aromatic nitrogens is 1. The van der Waals surface area contributed by atoms with Gasteiger partial charge in [-0.05, 0) is 27.6 Å². The number of hydrogen-bond donors (Lipinski definition) is 0. The molecular formula is C6H7BrCl3N. The first-order chi connectivity index (χ1) is 4.33.